The largest absolute Gasteiger partial charge is 0.425 e. The first kappa shape index (κ1) is 14.8. The SMILES string of the molecule is CC1(O)CCC2(CC1)N=C(c1ccc(C(F)(F)F)s1)NO2. The summed E-state index contributed by atoms with van der Waals surface area (Å²) in [5.74, 6) is 0.331. The van der Waals surface area contributed by atoms with Gasteiger partial charge in [0.05, 0.1) is 10.5 Å². The molecule has 0 aromatic carbocycles. The number of thiophene rings is 1. The molecule has 0 saturated heterocycles. The molecule has 1 saturated carbocycles. The van der Waals surface area contributed by atoms with Crippen LogP contribution < -0.4 is 5.48 Å². The maximum absolute atomic E-state index is 12.6. The van der Waals surface area contributed by atoms with Crippen LogP contribution >= 0.6 is 11.3 Å². The zero-order valence-electron chi connectivity index (χ0n) is 11.3. The van der Waals surface area contributed by atoms with Crippen molar-refractivity contribution in [3.05, 3.63) is 21.9 Å². The number of hydrogen-bond acceptors (Lipinski definition) is 5. The van der Waals surface area contributed by atoms with Crippen LogP contribution in [-0.2, 0) is 11.0 Å². The predicted molar refractivity (Wildman–Crippen MR) is 71.9 cm³/mol. The van der Waals surface area contributed by atoms with Gasteiger partial charge >= 0.3 is 6.18 Å². The first-order valence-corrected chi connectivity index (χ1v) is 7.45. The average molecular weight is 320 g/mol. The quantitative estimate of drug-likeness (QED) is 0.836. The van der Waals surface area contributed by atoms with Crippen LogP contribution in [0.5, 0.6) is 0 Å². The highest BCUT2D eigenvalue weighted by Crippen LogP contribution is 2.41. The summed E-state index contributed by atoms with van der Waals surface area (Å²) in [4.78, 5) is 9.66. The highest BCUT2D eigenvalue weighted by atomic mass is 32.1. The number of aliphatic hydroxyl groups is 1. The molecule has 1 aromatic rings. The van der Waals surface area contributed by atoms with E-state index in [1.807, 2.05) is 0 Å². The van der Waals surface area contributed by atoms with Crippen LogP contribution in [0.2, 0.25) is 0 Å². The van der Waals surface area contributed by atoms with Crippen LogP contribution in [-0.4, -0.2) is 22.3 Å². The van der Waals surface area contributed by atoms with E-state index in [-0.39, 0.29) is 0 Å². The minimum atomic E-state index is -4.34. The van der Waals surface area contributed by atoms with Crippen LogP contribution in [0.4, 0.5) is 13.2 Å². The Labute approximate surface area is 123 Å². The van der Waals surface area contributed by atoms with Crippen molar-refractivity contribution in [3.8, 4) is 0 Å². The Hall–Kier alpha value is -1.12. The molecule has 1 fully saturated rings. The lowest BCUT2D eigenvalue weighted by Crippen LogP contribution is -2.41. The Bertz CT molecular complexity index is 570. The van der Waals surface area contributed by atoms with Crippen molar-refractivity contribution in [3.63, 3.8) is 0 Å². The smallest absolute Gasteiger partial charge is 0.390 e. The minimum absolute atomic E-state index is 0.331. The number of nitrogens with zero attached hydrogens (tertiary/aromatic N) is 1. The summed E-state index contributed by atoms with van der Waals surface area (Å²) in [7, 11) is 0. The Morgan fingerprint density at radius 3 is 2.52 bits per heavy atom. The van der Waals surface area contributed by atoms with Crippen molar-refractivity contribution < 1.29 is 23.1 Å². The normalized spacial score (nSPS) is 33.1. The fourth-order valence-electron chi connectivity index (χ4n) is 2.51. The lowest BCUT2D eigenvalue weighted by Gasteiger charge is -2.36. The summed E-state index contributed by atoms with van der Waals surface area (Å²) in [5.41, 5.74) is 1.15. The third-order valence-corrected chi connectivity index (χ3v) is 5.02. The number of hydrogen-bond donors (Lipinski definition) is 2. The summed E-state index contributed by atoms with van der Waals surface area (Å²) in [6.45, 7) is 1.77. The summed E-state index contributed by atoms with van der Waals surface area (Å²) < 4.78 is 37.8. The lowest BCUT2D eigenvalue weighted by atomic mass is 9.81. The zero-order valence-corrected chi connectivity index (χ0v) is 12.1. The van der Waals surface area contributed by atoms with E-state index in [0.29, 0.717) is 47.7 Å². The molecule has 4 nitrogen and oxygen atoms in total. The van der Waals surface area contributed by atoms with Gasteiger partial charge in [0.1, 0.15) is 4.88 Å². The van der Waals surface area contributed by atoms with Gasteiger partial charge in [-0.3, -0.25) is 0 Å². The molecule has 116 valence electrons. The third kappa shape index (κ3) is 2.93. The number of nitrogens with one attached hydrogen (secondary N) is 1. The van der Waals surface area contributed by atoms with Crippen molar-refractivity contribution in [1.29, 1.82) is 0 Å². The van der Waals surface area contributed by atoms with Crippen molar-refractivity contribution >= 4 is 17.2 Å². The molecule has 0 amide bonds. The number of aliphatic imine (C=N–C) groups is 1. The molecule has 0 radical (unpaired) electrons. The third-order valence-electron chi connectivity index (χ3n) is 3.88. The minimum Gasteiger partial charge on any atom is -0.390 e. The summed E-state index contributed by atoms with van der Waals surface area (Å²) in [6.07, 6.45) is -2.18. The van der Waals surface area contributed by atoms with Gasteiger partial charge in [-0.05, 0) is 31.9 Å². The second kappa shape index (κ2) is 4.69. The molecule has 1 aromatic heterocycles. The van der Waals surface area contributed by atoms with Gasteiger partial charge in [0.25, 0.3) is 0 Å². The Balaban J connectivity index is 1.79. The van der Waals surface area contributed by atoms with Crippen LogP contribution in [0, 0.1) is 0 Å². The van der Waals surface area contributed by atoms with Crippen LogP contribution in [0.25, 0.3) is 0 Å². The second-order valence-corrected chi connectivity index (χ2v) is 6.85. The number of hydroxylamine groups is 1. The highest BCUT2D eigenvalue weighted by Gasteiger charge is 2.44. The van der Waals surface area contributed by atoms with Crippen LogP contribution in [0.3, 0.4) is 0 Å². The molecule has 0 bridgehead atoms. The summed E-state index contributed by atoms with van der Waals surface area (Å²) in [5, 5.41) is 9.95. The van der Waals surface area contributed by atoms with Crippen LogP contribution in [0.1, 0.15) is 42.4 Å². The van der Waals surface area contributed by atoms with E-state index in [0.717, 1.165) is 6.07 Å². The van der Waals surface area contributed by atoms with Crippen molar-refractivity contribution in [2.75, 3.05) is 0 Å². The molecule has 0 atom stereocenters. The molecule has 1 aliphatic carbocycles. The second-order valence-electron chi connectivity index (χ2n) is 5.77. The molecule has 2 N–H and O–H groups in total. The summed E-state index contributed by atoms with van der Waals surface area (Å²) in [6, 6.07) is 2.43. The van der Waals surface area contributed by atoms with Crippen molar-refractivity contribution in [2.45, 2.75) is 50.1 Å². The zero-order chi connectivity index (χ0) is 15.3. The number of amidine groups is 1. The monoisotopic (exact) mass is 320 g/mol. The van der Waals surface area contributed by atoms with Gasteiger partial charge in [0.15, 0.2) is 11.6 Å². The first-order chi connectivity index (χ1) is 9.69. The lowest BCUT2D eigenvalue weighted by molar-refractivity contribution is -0.134. The number of rotatable bonds is 1. The highest BCUT2D eigenvalue weighted by molar-refractivity contribution is 7.14. The molecular weight excluding hydrogens is 305 g/mol. The van der Waals surface area contributed by atoms with E-state index in [9.17, 15) is 18.3 Å². The van der Waals surface area contributed by atoms with Crippen molar-refractivity contribution in [2.24, 2.45) is 4.99 Å². The molecule has 0 unspecified atom stereocenters. The maximum atomic E-state index is 12.6. The standard InChI is InChI=1S/C13H15F3N2O2S/c1-11(19)4-6-12(7-5-11)17-10(18-20-12)8-2-3-9(21-8)13(14,15)16/h2-3,19H,4-7H2,1H3,(H,17,18). The van der Waals surface area contributed by atoms with E-state index < -0.39 is 22.4 Å². The van der Waals surface area contributed by atoms with Gasteiger partial charge in [0, 0.05) is 12.8 Å². The maximum Gasteiger partial charge on any atom is 0.425 e. The van der Waals surface area contributed by atoms with Gasteiger partial charge < -0.3 is 5.11 Å². The molecule has 1 aliphatic heterocycles. The molecule has 1 spiro atoms. The van der Waals surface area contributed by atoms with Gasteiger partial charge in [-0.1, -0.05) is 0 Å². The van der Waals surface area contributed by atoms with E-state index in [1.54, 1.807) is 6.92 Å². The van der Waals surface area contributed by atoms with E-state index >= 15 is 0 Å². The van der Waals surface area contributed by atoms with E-state index in [2.05, 4.69) is 10.5 Å². The summed E-state index contributed by atoms with van der Waals surface area (Å²) >= 11 is 0.637. The molecule has 2 aliphatic rings. The van der Waals surface area contributed by atoms with Gasteiger partial charge in [-0.15, -0.1) is 11.3 Å². The Morgan fingerprint density at radius 1 is 1.29 bits per heavy atom. The van der Waals surface area contributed by atoms with Gasteiger partial charge in [-0.25, -0.2) is 15.3 Å². The molecule has 3 rings (SSSR count). The van der Waals surface area contributed by atoms with E-state index in [1.165, 1.54) is 6.07 Å². The average Bonchev–Trinajstić information content (AvgIpc) is 3.01. The predicted octanol–water partition coefficient (Wildman–Crippen LogP) is 3.07. The first-order valence-electron chi connectivity index (χ1n) is 6.63. The molecule has 21 heavy (non-hydrogen) atoms. The van der Waals surface area contributed by atoms with E-state index in [4.69, 9.17) is 4.84 Å². The van der Waals surface area contributed by atoms with Gasteiger partial charge in [0.2, 0.25) is 0 Å². The number of alkyl halides is 3. The molecule has 8 heteroatoms. The molecular formula is C13H15F3N2O2S. The fraction of sp³-hybridized carbons (Fsp3) is 0.615. The molecule has 2 heterocycles. The fourth-order valence-corrected chi connectivity index (χ4v) is 3.32. The Morgan fingerprint density at radius 2 is 1.95 bits per heavy atom. The topological polar surface area (TPSA) is 53.9 Å². The van der Waals surface area contributed by atoms with Gasteiger partial charge in [-0.2, -0.15) is 13.2 Å². The van der Waals surface area contributed by atoms with Crippen LogP contribution in [0.15, 0.2) is 17.1 Å². The van der Waals surface area contributed by atoms with Crippen molar-refractivity contribution in [1.82, 2.24) is 5.48 Å². The Kier molecular flexibility index (Phi) is 3.30. The number of halogens is 3.